The first-order valence-corrected chi connectivity index (χ1v) is 13.1. The molecule has 0 atom stereocenters. The molecule has 3 aromatic carbocycles. The van der Waals surface area contributed by atoms with Crippen LogP contribution < -0.4 is 14.8 Å². The summed E-state index contributed by atoms with van der Waals surface area (Å²) in [6.07, 6.45) is 3.07. The molecule has 4 rings (SSSR count). The summed E-state index contributed by atoms with van der Waals surface area (Å²) in [6.45, 7) is 2.34. The second kappa shape index (κ2) is 12.9. The van der Waals surface area contributed by atoms with Crippen molar-refractivity contribution in [2.24, 2.45) is 0 Å². The molecular formula is C30H26ClNO5S. The summed E-state index contributed by atoms with van der Waals surface area (Å²) in [5, 5.41) is 5.76. The number of benzene rings is 3. The average molecular weight is 548 g/mol. The van der Waals surface area contributed by atoms with Crippen LogP contribution in [0, 0.1) is 0 Å². The van der Waals surface area contributed by atoms with Crippen molar-refractivity contribution in [2.75, 3.05) is 19.0 Å². The molecular weight excluding hydrogens is 522 g/mol. The van der Waals surface area contributed by atoms with Crippen LogP contribution in [0.5, 0.6) is 11.5 Å². The zero-order chi connectivity index (χ0) is 26.9. The van der Waals surface area contributed by atoms with Gasteiger partial charge >= 0.3 is 5.97 Å². The Bertz CT molecular complexity index is 1430. The van der Waals surface area contributed by atoms with Gasteiger partial charge < -0.3 is 19.5 Å². The summed E-state index contributed by atoms with van der Waals surface area (Å²) in [7, 11) is 1.56. The van der Waals surface area contributed by atoms with Crippen molar-refractivity contribution in [2.45, 2.75) is 13.5 Å². The number of hydrogen-bond donors (Lipinski definition) is 1. The Balaban J connectivity index is 1.46. The normalized spacial score (nSPS) is 10.8. The molecule has 0 aliphatic rings. The van der Waals surface area contributed by atoms with Gasteiger partial charge in [0.15, 0.2) is 11.5 Å². The fraction of sp³-hybridized carbons (Fsp3) is 0.133. The SMILES string of the molecule is CCOC(=O)c1c(-c2ccccc2)csc1NC(=O)/C=C/c1ccc(OCc2ccc(Cl)cc2)c(OC)c1. The van der Waals surface area contributed by atoms with E-state index in [9.17, 15) is 9.59 Å². The fourth-order valence-electron chi connectivity index (χ4n) is 3.66. The van der Waals surface area contributed by atoms with Gasteiger partial charge in [-0.15, -0.1) is 11.3 Å². The Labute approximate surface area is 230 Å². The van der Waals surface area contributed by atoms with Crippen LogP contribution in [0.25, 0.3) is 17.2 Å². The molecule has 1 amide bonds. The molecule has 0 saturated heterocycles. The molecule has 1 aromatic heterocycles. The summed E-state index contributed by atoms with van der Waals surface area (Å²) >= 11 is 7.21. The summed E-state index contributed by atoms with van der Waals surface area (Å²) in [6, 6.07) is 22.3. The van der Waals surface area contributed by atoms with Crippen molar-refractivity contribution in [3.05, 3.63) is 106 Å². The molecule has 0 fully saturated rings. The molecule has 0 unspecified atom stereocenters. The minimum Gasteiger partial charge on any atom is -0.493 e. The van der Waals surface area contributed by atoms with Crippen molar-refractivity contribution >= 4 is 45.9 Å². The molecule has 4 aromatic rings. The molecule has 0 aliphatic carbocycles. The van der Waals surface area contributed by atoms with Gasteiger partial charge in [0.25, 0.3) is 0 Å². The number of carbonyl (C=O) groups excluding carboxylic acids is 2. The largest absolute Gasteiger partial charge is 0.493 e. The second-order valence-electron chi connectivity index (χ2n) is 8.09. The highest BCUT2D eigenvalue weighted by atomic mass is 35.5. The topological polar surface area (TPSA) is 73.9 Å². The van der Waals surface area contributed by atoms with E-state index in [1.165, 1.54) is 17.4 Å². The van der Waals surface area contributed by atoms with Crippen molar-refractivity contribution in [3.63, 3.8) is 0 Å². The number of thiophene rings is 1. The van der Waals surface area contributed by atoms with E-state index in [0.717, 1.165) is 16.7 Å². The van der Waals surface area contributed by atoms with Crippen LogP contribution in [0.15, 0.2) is 84.3 Å². The zero-order valence-electron chi connectivity index (χ0n) is 20.9. The van der Waals surface area contributed by atoms with E-state index < -0.39 is 5.97 Å². The summed E-state index contributed by atoms with van der Waals surface area (Å²) < 4.78 is 16.6. The van der Waals surface area contributed by atoms with E-state index in [1.807, 2.05) is 66.0 Å². The number of methoxy groups -OCH3 is 1. The van der Waals surface area contributed by atoms with Gasteiger partial charge in [0.1, 0.15) is 17.2 Å². The van der Waals surface area contributed by atoms with E-state index in [1.54, 1.807) is 32.2 Å². The maximum absolute atomic E-state index is 12.8. The van der Waals surface area contributed by atoms with E-state index >= 15 is 0 Å². The molecule has 194 valence electrons. The van der Waals surface area contributed by atoms with Crippen LogP contribution in [0.3, 0.4) is 0 Å². The first-order valence-electron chi connectivity index (χ1n) is 11.9. The van der Waals surface area contributed by atoms with Crippen LogP contribution in [0.1, 0.15) is 28.4 Å². The van der Waals surface area contributed by atoms with Gasteiger partial charge in [-0.05, 0) is 54.0 Å². The van der Waals surface area contributed by atoms with E-state index in [0.29, 0.717) is 39.3 Å². The number of anilines is 1. The third-order valence-electron chi connectivity index (χ3n) is 5.51. The summed E-state index contributed by atoms with van der Waals surface area (Å²) in [4.78, 5) is 25.5. The van der Waals surface area contributed by atoms with Gasteiger partial charge in [-0.3, -0.25) is 4.79 Å². The Morgan fingerprint density at radius 3 is 2.47 bits per heavy atom. The zero-order valence-corrected chi connectivity index (χ0v) is 22.5. The lowest BCUT2D eigenvalue weighted by Gasteiger charge is -2.11. The quantitative estimate of drug-likeness (QED) is 0.164. The van der Waals surface area contributed by atoms with Gasteiger partial charge in [0.2, 0.25) is 5.91 Å². The smallest absolute Gasteiger partial charge is 0.341 e. The van der Waals surface area contributed by atoms with Crippen LogP contribution in [-0.2, 0) is 16.1 Å². The van der Waals surface area contributed by atoms with Gasteiger partial charge in [-0.1, -0.05) is 60.1 Å². The lowest BCUT2D eigenvalue weighted by Crippen LogP contribution is -2.12. The molecule has 8 heteroatoms. The van der Waals surface area contributed by atoms with Crippen LogP contribution in [-0.4, -0.2) is 25.6 Å². The molecule has 38 heavy (non-hydrogen) atoms. The number of rotatable bonds is 10. The fourth-order valence-corrected chi connectivity index (χ4v) is 4.75. The van der Waals surface area contributed by atoms with Gasteiger partial charge in [-0.25, -0.2) is 4.79 Å². The predicted molar refractivity (Wildman–Crippen MR) is 152 cm³/mol. The van der Waals surface area contributed by atoms with Gasteiger partial charge in [-0.2, -0.15) is 0 Å². The molecule has 0 aliphatic heterocycles. The highest BCUT2D eigenvalue weighted by molar-refractivity contribution is 7.15. The average Bonchev–Trinajstić information content (AvgIpc) is 3.36. The Kier molecular flexibility index (Phi) is 9.19. The molecule has 0 radical (unpaired) electrons. The van der Waals surface area contributed by atoms with Gasteiger partial charge in [0, 0.05) is 22.0 Å². The summed E-state index contributed by atoms with van der Waals surface area (Å²) in [5.41, 5.74) is 3.65. The highest BCUT2D eigenvalue weighted by Gasteiger charge is 2.22. The van der Waals surface area contributed by atoms with Crippen molar-refractivity contribution in [1.29, 1.82) is 0 Å². The minimum atomic E-state index is -0.481. The maximum atomic E-state index is 12.8. The number of amides is 1. The van der Waals surface area contributed by atoms with Crippen LogP contribution >= 0.6 is 22.9 Å². The molecule has 0 saturated carbocycles. The lowest BCUT2D eigenvalue weighted by molar-refractivity contribution is -0.111. The maximum Gasteiger partial charge on any atom is 0.341 e. The number of nitrogens with one attached hydrogen (secondary N) is 1. The Morgan fingerprint density at radius 1 is 1.00 bits per heavy atom. The molecule has 0 bridgehead atoms. The van der Waals surface area contributed by atoms with E-state index in [2.05, 4.69) is 5.32 Å². The third-order valence-corrected chi connectivity index (χ3v) is 6.66. The third kappa shape index (κ3) is 6.82. The first kappa shape index (κ1) is 27.0. The Morgan fingerprint density at radius 2 is 1.76 bits per heavy atom. The predicted octanol–water partition coefficient (Wildman–Crippen LogP) is 7.48. The standard InChI is InChI=1S/C30H26ClNO5S/c1-3-36-30(34)28-24(22-7-5-4-6-8-22)19-38-29(28)32-27(33)16-12-20-11-15-25(26(17-20)35-2)37-18-21-9-13-23(31)14-10-21/h4-17,19H,3,18H2,1-2H3,(H,32,33)/b16-12+. The highest BCUT2D eigenvalue weighted by Crippen LogP contribution is 2.36. The number of hydrogen-bond acceptors (Lipinski definition) is 6. The second-order valence-corrected chi connectivity index (χ2v) is 9.40. The number of ether oxygens (including phenoxy) is 3. The molecule has 1 N–H and O–H groups in total. The van der Waals surface area contributed by atoms with E-state index in [-0.39, 0.29) is 12.5 Å². The molecule has 0 spiro atoms. The van der Waals surface area contributed by atoms with Crippen molar-refractivity contribution in [3.8, 4) is 22.6 Å². The summed E-state index contributed by atoms with van der Waals surface area (Å²) in [5.74, 6) is 0.261. The van der Waals surface area contributed by atoms with E-state index in [4.69, 9.17) is 25.8 Å². The van der Waals surface area contributed by atoms with Crippen molar-refractivity contribution < 1.29 is 23.8 Å². The lowest BCUT2D eigenvalue weighted by atomic mass is 10.0. The van der Waals surface area contributed by atoms with Crippen LogP contribution in [0.2, 0.25) is 5.02 Å². The molecule has 1 heterocycles. The Hall–Kier alpha value is -4.07. The molecule has 6 nitrogen and oxygen atoms in total. The van der Waals surface area contributed by atoms with Gasteiger partial charge in [0.05, 0.1) is 13.7 Å². The number of carbonyl (C=O) groups is 2. The van der Waals surface area contributed by atoms with Crippen LogP contribution in [0.4, 0.5) is 5.00 Å². The number of halogens is 1. The first-order chi connectivity index (χ1) is 18.5. The van der Waals surface area contributed by atoms with Crippen molar-refractivity contribution in [1.82, 2.24) is 0 Å². The monoisotopic (exact) mass is 547 g/mol. The number of esters is 1. The minimum absolute atomic E-state index is 0.234.